The van der Waals surface area contributed by atoms with Gasteiger partial charge in [0.05, 0.1) is 5.69 Å². The van der Waals surface area contributed by atoms with Gasteiger partial charge in [-0.05, 0) is 26.0 Å². The van der Waals surface area contributed by atoms with Crippen molar-refractivity contribution in [2.45, 2.75) is 25.9 Å². The zero-order valence-electron chi connectivity index (χ0n) is 17.4. The van der Waals surface area contributed by atoms with Crippen LogP contribution in [0.25, 0.3) is 4.96 Å². The number of imidazole rings is 1. The molecule has 154 valence electrons. The molecular weight excluding hydrogens is 382 g/mol. The number of nitrogens with zero attached hydrogens (tertiary/aromatic N) is 5. The zero-order chi connectivity index (χ0) is 20.4. The summed E-state index contributed by atoms with van der Waals surface area (Å²) in [5, 5.41) is 2.03. The molecule has 1 aliphatic rings. The van der Waals surface area contributed by atoms with E-state index in [1.807, 2.05) is 36.8 Å². The number of amides is 1. The number of hydrogen-bond acceptors (Lipinski definition) is 5. The first-order valence-corrected chi connectivity index (χ1v) is 11.1. The zero-order valence-corrected chi connectivity index (χ0v) is 18.2. The maximum absolute atomic E-state index is 13.2. The predicted molar refractivity (Wildman–Crippen MR) is 118 cm³/mol. The summed E-state index contributed by atoms with van der Waals surface area (Å²) < 4.78 is 2.09. The molecule has 1 aliphatic heterocycles. The number of hydrogen-bond donors (Lipinski definition) is 0. The second kappa shape index (κ2) is 8.65. The monoisotopic (exact) mass is 411 g/mol. The van der Waals surface area contributed by atoms with Crippen molar-refractivity contribution in [3.05, 3.63) is 58.9 Å². The highest BCUT2D eigenvalue weighted by Crippen LogP contribution is 2.21. The number of likely N-dealkylation sites (N-methyl/N-ethyl adjacent to an activating group) is 2. The summed E-state index contributed by atoms with van der Waals surface area (Å²) >= 11 is 1.58. The highest BCUT2D eigenvalue weighted by atomic mass is 32.1. The molecule has 0 aliphatic carbocycles. The van der Waals surface area contributed by atoms with Gasteiger partial charge in [0.2, 0.25) is 0 Å². The summed E-state index contributed by atoms with van der Waals surface area (Å²) in [6.07, 6.45) is 2.87. The molecule has 1 amide bonds. The minimum absolute atomic E-state index is 0.00834. The second-order valence-electron chi connectivity index (χ2n) is 7.99. The lowest BCUT2D eigenvalue weighted by Crippen LogP contribution is -2.49. The van der Waals surface area contributed by atoms with E-state index in [0.29, 0.717) is 18.3 Å². The maximum Gasteiger partial charge on any atom is 0.274 e. The fourth-order valence-corrected chi connectivity index (χ4v) is 4.59. The summed E-state index contributed by atoms with van der Waals surface area (Å²) in [6.45, 7) is 6.75. The first-order chi connectivity index (χ1) is 14.0. The Bertz CT molecular complexity index is 966. The van der Waals surface area contributed by atoms with Gasteiger partial charge in [-0.1, -0.05) is 30.3 Å². The Morgan fingerprint density at radius 3 is 2.83 bits per heavy atom. The lowest BCUT2D eigenvalue weighted by atomic mass is 10.1. The van der Waals surface area contributed by atoms with Crippen LogP contribution in [0.1, 0.15) is 28.7 Å². The van der Waals surface area contributed by atoms with Gasteiger partial charge in [0.25, 0.3) is 5.91 Å². The largest absolute Gasteiger partial charge is 0.340 e. The number of carbonyl (C=O) groups excluding carboxylic acids is 1. The van der Waals surface area contributed by atoms with E-state index in [1.54, 1.807) is 16.2 Å². The van der Waals surface area contributed by atoms with Gasteiger partial charge in [-0.3, -0.25) is 14.1 Å². The highest BCUT2D eigenvalue weighted by Gasteiger charge is 2.27. The van der Waals surface area contributed by atoms with Crippen molar-refractivity contribution in [1.82, 2.24) is 24.1 Å². The Labute approximate surface area is 176 Å². The molecule has 3 aromatic rings. The predicted octanol–water partition coefficient (Wildman–Crippen LogP) is 2.85. The third kappa shape index (κ3) is 4.37. The molecule has 1 aromatic carbocycles. The Hall–Kier alpha value is -2.22. The number of thiazole rings is 1. The third-order valence-corrected chi connectivity index (χ3v) is 6.66. The summed E-state index contributed by atoms with van der Waals surface area (Å²) in [6, 6.07) is 10.8. The average molecular weight is 412 g/mol. The van der Waals surface area contributed by atoms with Crippen LogP contribution < -0.4 is 0 Å². The molecule has 1 atom stereocenters. The molecule has 0 bridgehead atoms. The van der Waals surface area contributed by atoms with Crippen LogP contribution in [0, 0.1) is 0 Å². The van der Waals surface area contributed by atoms with E-state index in [4.69, 9.17) is 4.98 Å². The normalized spacial score (nSPS) is 18.4. The van der Waals surface area contributed by atoms with E-state index in [0.717, 1.165) is 43.3 Å². The Morgan fingerprint density at radius 1 is 1.28 bits per heavy atom. The van der Waals surface area contributed by atoms with Gasteiger partial charge >= 0.3 is 0 Å². The van der Waals surface area contributed by atoms with E-state index in [2.05, 4.69) is 40.3 Å². The summed E-state index contributed by atoms with van der Waals surface area (Å²) in [5.41, 5.74) is 2.85. The fourth-order valence-electron chi connectivity index (χ4n) is 3.86. The molecule has 1 saturated heterocycles. The van der Waals surface area contributed by atoms with Crippen LogP contribution in [0.5, 0.6) is 0 Å². The van der Waals surface area contributed by atoms with Gasteiger partial charge in [0.15, 0.2) is 10.7 Å². The van der Waals surface area contributed by atoms with Crippen LogP contribution in [-0.4, -0.2) is 76.3 Å². The first kappa shape index (κ1) is 20.1. The molecular formula is C22H29N5OS. The standard InChI is InChI=1S/C22H29N5OS/c1-17-15-26(12-11-24(17)2)16-19-20(23-22-27(19)13-14-29-22)21(28)25(3)10-9-18-7-5-4-6-8-18/h4-8,13-14,17H,9-12,15-16H2,1-3H3/t17-/m1/s1. The van der Waals surface area contributed by atoms with Crippen LogP contribution in [0.15, 0.2) is 41.9 Å². The topological polar surface area (TPSA) is 44.1 Å². The third-order valence-electron chi connectivity index (χ3n) is 5.91. The van der Waals surface area contributed by atoms with E-state index in [-0.39, 0.29) is 5.91 Å². The molecule has 0 N–H and O–H groups in total. The Morgan fingerprint density at radius 2 is 2.07 bits per heavy atom. The van der Waals surface area contributed by atoms with Crippen LogP contribution in [0.2, 0.25) is 0 Å². The number of carbonyl (C=O) groups is 1. The van der Waals surface area contributed by atoms with Crippen LogP contribution in [0.4, 0.5) is 0 Å². The molecule has 1 fully saturated rings. The van der Waals surface area contributed by atoms with E-state index in [9.17, 15) is 4.79 Å². The van der Waals surface area contributed by atoms with Crippen molar-refractivity contribution in [3.63, 3.8) is 0 Å². The molecule has 0 unspecified atom stereocenters. The van der Waals surface area contributed by atoms with Crippen molar-refractivity contribution >= 4 is 22.2 Å². The van der Waals surface area contributed by atoms with Gasteiger partial charge in [-0.2, -0.15) is 0 Å². The number of rotatable bonds is 6. The maximum atomic E-state index is 13.2. The van der Waals surface area contributed by atoms with Gasteiger partial charge in [-0.15, -0.1) is 11.3 Å². The molecule has 0 radical (unpaired) electrons. The number of fused-ring (bicyclic) bond motifs is 1. The number of piperazine rings is 1. The Balaban J connectivity index is 1.51. The molecule has 6 nitrogen and oxygen atoms in total. The Kier molecular flexibility index (Phi) is 5.99. The molecule has 0 saturated carbocycles. The minimum atomic E-state index is 0.00834. The lowest BCUT2D eigenvalue weighted by molar-refractivity contribution is 0.0782. The fraction of sp³-hybridized carbons (Fsp3) is 0.455. The number of benzene rings is 1. The highest BCUT2D eigenvalue weighted by molar-refractivity contribution is 7.15. The van der Waals surface area contributed by atoms with Gasteiger partial charge < -0.3 is 9.80 Å². The van der Waals surface area contributed by atoms with Crippen LogP contribution in [-0.2, 0) is 13.0 Å². The van der Waals surface area contributed by atoms with Crippen molar-refractivity contribution in [1.29, 1.82) is 0 Å². The molecule has 2 aromatic heterocycles. The molecule has 3 heterocycles. The van der Waals surface area contributed by atoms with E-state index >= 15 is 0 Å². The smallest absolute Gasteiger partial charge is 0.274 e. The molecule has 7 heteroatoms. The molecule has 29 heavy (non-hydrogen) atoms. The summed E-state index contributed by atoms with van der Waals surface area (Å²) in [4.78, 5) is 25.5. The van der Waals surface area contributed by atoms with Gasteiger partial charge in [-0.25, -0.2) is 4.98 Å². The summed E-state index contributed by atoms with van der Waals surface area (Å²) in [7, 11) is 4.05. The quantitative estimate of drug-likeness (QED) is 0.626. The van der Waals surface area contributed by atoms with E-state index < -0.39 is 0 Å². The average Bonchev–Trinajstić information content (AvgIpc) is 3.32. The first-order valence-electron chi connectivity index (χ1n) is 10.2. The van der Waals surface area contributed by atoms with E-state index in [1.165, 1.54) is 5.56 Å². The lowest BCUT2D eigenvalue weighted by Gasteiger charge is -2.37. The minimum Gasteiger partial charge on any atom is -0.340 e. The molecule has 4 rings (SSSR count). The van der Waals surface area contributed by atoms with Gasteiger partial charge in [0, 0.05) is 57.4 Å². The summed E-state index contributed by atoms with van der Waals surface area (Å²) in [5.74, 6) is 0.00834. The van der Waals surface area contributed by atoms with Gasteiger partial charge in [0.1, 0.15) is 0 Å². The SMILES string of the molecule is C[C@@H]1CN(Cc2c(C(=O)N(C)CCc3ccccc3)nc3sccn23)CCN1C. The van der Waals surface area contributed by atoms with Crippen LogP contribution in [0.3, 0.4) is 0 Å². The second-order valence-corrected chi connectivity index (χ2v) is 8.86. The van der Waals surface area contributed by atoms with Crippen LogP contribution >= 0.6 is 11.3 Å². The molecule has 0 spiro atoms. The van der Waals surface area contributed by atoms with Crippen molar-refractivity contribution in [2.24, 2.45) is 0 Å². The van der Waals surface area contributed by atoms with Crippen molar-refractivity contribution in [2.75, 3.05) is 40.3 Å². The van der Waals surface area contributed by atoms with Crippen molar-refractivity contribution < 1.29 is 4.79 Å². The number of aromatic nitrogens is 2. The van der Waals surface area contributed by atoms with Crippen molar-refractivity contribution in [3.8, 4) is 0 Å².